The van der Waals surface area contributed by atoms with Gasteiger partial charge < -0.3 is 9.30 Å². The van der Waals surface area contributed by atoms with Crippen LogP contribution in [0.1, 0.15) is 29.4 Å². The number of nitrogens with zero attached hydrogens (tertiary/aromatic N) is 2. The maximum absolute atomic E-state index is 12.7. The van der Waals surface area contributed by atoms with Gasteiger partial charge in [0.1, 0.15) is 6.04 Å². The summed E-state index contributed by atoms with van der Waals surface area (Å²) >= 11 is 0.836. The van der Waals surface area contributed by atoms with Crippen molar-refractivity contribution in [3.8, 4) is 5.69 Å². The molecule has 2 amide bonds. The highest BCUT2D eigenvalue weighted by Gasteiger charge is 2.41. The fourth-order valence-electron chi connectivity index (χ4n) is 3.26. The first kappa shape index (κ1) is 19.9. The highest BCUT2D eigenvalue weighted by molar-refractivity contribution is 8.18. The lowest BCUT2D eigenvalue weighted by Gasteiger charge is -2.18. The van der Waals surface area contributed by atoms with Crippen LogP contribution in [0.25, 0.3) is 11.8 Å². The van der Waals surface area contributed by atoms with E-state index >= 15 is 0 Å². The predicted molar refractivity (Wildman–Crippen MR) is 109 cm³/mol. The van der Waals surface area contributed by atoms with Crippen molar-refractivity contribution in [1.82, 2.24) is 9.47 Å². The molecule has 0 saturated carbocycles. The Morgan fingerprint density at radius 1 is 1.14 bits per heavy atom. The van der Waals surface area contributed by atoms with Gasteiger partial charge in [-0.3, -0.25) is 14.5 Å². The predicted octanol–water partition coefficient (Wildman–Crippen LogP) is 4.00. The minimum Gasteiger partial charge on any atom is -0.467 e. The number of ether oxygens (including phenoxy) is 1. The second-order valence-corrected chi connectivity index (χ2v) is 7.74. The van der Waals surface area contributed by atoms with E-state index in [1.54, 1.807) is 6.08 Å². The Morgan fingerprint density at radius 3 is 2.39 bits per heavy atom. The van der Waals surface area contributed by atoms with E-state index in [0.29, 0.717) is 4.91 Å². The van der Waals surface area contributed by atoms with Crippen LogP contribution in [0.5, 0.6) is 0 Å². The summed E-state index contributed by atoms with van der Waals surface area (Å²) in [6.07, 6.45) is 1.71. The number of amides is 2. The number of methoxy groups -OCH3 is 1. The number of hydrogen-bond acceptors (Lipinski definition) is 5. The lowest BCUT2D eigenvalue weighted by atomic mass is 10.2. The molecule has 0 radical (unpaired) electrons. The van der Waals surface area contributed by atoms with E-state index in [-0.39, 0.29) is 0 Å². The van der Waals surface area contributed by atoms with Crippen LogP contribution >= 0.6 is 11.8 Å². The highest BCUT2D eigenvalue weighted by Crippen LogP contribution is 2.35. The Labute approximate surface area is 168 Å². The fraction of sp³-hybridized carbons (Fsp3) is 0.286. The molecule has 6 nitrogen and oxygen atoms in total. The first-order valence-electron chi connectivity index (χ1n) is 8.85. The number of imide groups is 1. The van der Waals surface area contributed by atoms with E-state index in [4.69, 9.17) is 0 Å². The summed E-state index contributed by atoms with van der Waals surface area (Å²) in [6, 6.07) is 9.22. The maximum atomic E-state index is 12.7. The first-order chi connectivity index (χ1) is 13.2. The molecule has 2 aromatic rings. The van der Waals surface area contributed by atoms with Gasteiger partial charge in [0.2, 0.25) is 0 Å². The maximum Gasteiger partial charge on any atom is 0.328 e. The SMILES string of the molecule is COC(=O)[C@@H](C)N1C(=O)S/C(=C/c2cc(C)n(-c3ccc(C)cc3)c2C)C1=O. The highest BCUT2D eigenvalue weighted by atomic mass is 32.2. The molecular formula is C21H22N2O4S. The number of rotatable bonds is 4. The normalized spacial score (nSPS) is 16.8. The monoisotopic (exact) mass is 398 g/mol. The molecule has 1 fully saturated rings. The molecule has 146 valence electrons. The number of aryl methyl sites for hydroxylation is 2. The van der Waals surface area contributed by atoms with E-state index in [9.17, 15) is 14.4 Å². The number of carbonyl (C=O) groups is 3. The molecule has 1 aromatic heterocycles. The molecule has 1 aliphatic rings. The molecule has 7 heteroatoms. The van der Waals surface area contributed by atoms with Gasteiger partial charge in [-0.25, -0.2) is 4.79 Å². The quantitative estimate of drug-likeness (QED) is 0.575. The van der Waals surface area contributed by atoms with E-state index in [1.807, 2.05) is 51.1 Å². The summed E-state index contributed by atoms with van der Waals surface area (Å²) in [5.74, 6) is -1.10. The number of thioether (sulfide) groups is 1. The zero-order chi connectivity index (χ0) is 20.6. The molecule has 28 heavy (non-hydrogen) atoms. The standard InChI is InChI=1S/C21H22N2O4S/c1-12-6-8-17(9-7-12)22-13(2)10-16(14(22)3)11-18-19(24)23(21(26)28-18)15(4)20(25)27-5/h6-11,15H,1-5H3/b18-11+/t15-/m1/s1. The molecule has 2 heterocycles. The van der Waals surface area contributed by atoms with Crippen molar-refractivity contribution in [2.24, 2.45) is 0 Å². The van der Waals surface area contributed by atoms with Gasteiger partial charge in [0.25, 0.3) is 11.1 Å². The lowest BCUT2D eigenvalue weighted by Crippen LogP contribution is -2.42. The first-order valence-corrected chi connectivity index (χ1v) is 9.67. The van der Waals surface area contributed by atoms with Crippen molar-refractivity contribution >= 4 is 35.0 Å². The third-order valence-electron chi connectivity index (χ3n) is 4.80. The summed E-state index contributed by atoms with van der Waals surface area (Å²) in [5, 5.41) is -0.471. The summed E-state index contributed by atoms with van der Waals surface area (Å²) in [6.45, 7) is 7.49. The minimum absolute atomic E-state index is 0.296. The Balaban J connectivity index is 1.95. The van der Waals surface area contributed by atoms with E-state index in [2.05, 4.69) is 9.30 Å². The molecule has 1 aliphatic heterocycles. The van der Waals surface area contributed by atoms with Crippen molar-refractivity contribution in [3.63, 3.8) is 0 Å². The number of hydrogen-bond donors (Lipinski definition) is 0. The Hall–Kier alpha value is -2.80. The number of benzene rings is 1. The minimum atomic E-state index is -0.955. The fourth-order valence-corrected chi connectivity index (χ4v) is 4.15. The zero-order valence-corrected chi connectivity index (χ0v) is 17.3. The van der Waals surface area contributed by atoms with Gasteiger partial charge in [-0.05, 0) is 69.3 Å². The molecule has 1 aromatic carbocycles. The van der Waals surface area contributed by atoms with Crippen LogP contribution in [-0.4, -0.2) is 39.7 Å². The van der Waals surface area contributed by atoms with Crippen LogP contribution in [0.4, 0.5) is 4.79 Å². The van der Waals surface area contributed by atoms with E-state index in [0.717, 1.165) is 39.3 Å². The largest absolute Gasteiger partial charge is 0.467 e. The van der Waals surface area contributed by atoms with Crippen LogP contribution in [0.15, 0.2) is 35.2 Å². The van der Waals surface area contributed by atoms with Crippen LogP contribution in [0.3, 0.4) is 0 Å². The van der Waals surface area contributed by atoms with E-state index in [1.165, 1.54) is 19.6 Å². The van der Waals surface area contributed by atoms with Gasteiger partial charge in [0.05, 0.1) is 12.0 Å². The van der Waals surface area contributed by atoms with Gasteiger partial charge in [0, 0.05) is 17.1 Å². The summed E-state index contributed by atoms with van der Waals surface area (Å²) in [5.41, 5.74) is 5.06. The number of aromatic nitrogens is 1. The lowest BCUT2D eigenvalue weighted by molar-refractivity contribution is -0.148. The smallest absolute Gasteiger partial charge is 0.328 e. The molecule has 3 rings (SSSR count). The van der Waals surface area contributed by atoms with Crippen LogP contribution in [0.2, 0.25) is 0 Å². The summed E-state index contributed by atoms with van der Waals surface area (Å²) < 4.78 is 6.76. The summed E-state index contributed by atoms with van der Waals surface area (Å²) in [7, 11) is 1.23. The molecule has 0 unspecified atom stereocenters. The van der Waals surface area contributed by atoms with Crippen LogP contribution in [-0.2, 0) is 14.3 Å². The van der Waals surface area contributed by atoms with Crippen LogP contribution in [0, 0.1) is 20.8 Å². The van der Waals surface area contributed by atoms with Crippen molar-refractivity contribution < 1.29 is 19.1 Å². The Morgan fingerprint density at radius 2 is 1.79 bits per heavy atom. The van der Waals surface area contributed by atoms with Crippen molar-refractivity contribution in [2.45, 2.75) is 33.7 Å². The van der Waals surface area contributed by atoms with Gasteiger partial charge in [-0.15, -0.1) is 0 Å². The van der Waals surface area contributed by atoms with Gasteiger partial charge in [0.15, 0.2) is 0 Å². The molecule has 0 bridgehead atoms. The number of esters is 1. The Bertz CT molecular complexity index is 989. The van der Waals surface area contributed by atoms with Crippen molar-refractivity contribution in [2.75, 3.05) is 7.11 Å². The average Bonchev–Trinajstić information content (AvgIpc) is 3.10. The van der Waals surface area contributed by atoms with E-state index < -0.39 is 23.2 Å². The second-order valence-electron chi connectivity index (χ2n) is 6.75. The van der Waals surface area contributed by atoms with Gasteiger partial charge >= 0.3 is 5.97 Å². The van der Waals surface area contributed by atoms with Gasteiger partial charge in [-0.2, -0.15) is 0 Å². The third kappa shape index (κ3) is 3.49. The second kappa shape index (κ2) is 7.67. The molecule has 1 atom stereocenters. The molecule has 0 aliphatic carbocycles. The molecule has 0 spiro atoms. The summed E-state index contributed by atoms with van der Waals surface area (Å²) in [4.78, 5) is 37.9. The Kier molecular flexibility index (Phi) is 5.47. The number of carbonyl (C=O) groups excluding carboxylic acids is 3. The average molecular weight is 398 g/mol. The third-order valence-corrected chi connectivity index (χ3v) is 5.69. The zero-order valence-electron chi connectivity index (χ0n) is 16.5. The van der Waals surface area contributed by atoms with Gasteiger partial charge in [-0.1, -0.05) is 17.7 Å². The van der Waals surface area contributed by atoms with Crippen molar-refractivity contribution in [1.29, 1.82) is 0 Å². The van der Waals surface area contributed by atoms with Crippen LogP contribution < -0.4 is 0 Å². The topological polar surface area (TPSA) is 68.6 Å². The van der Waals surface area contributed by atoms with Crippen molar-refractivity contribution in [3.05, 3.63) is 57.8 Å². The molecule has 1 saturated heterocycles. The molecular weight excluding hydrogens is 376 g/mol. The molecule has 0 N–H and O–H groups in total.